The minimum Gasteiger partial charge on any atom is -0.305 e. The van der Waals surface area contributed by atoms with Crippen LogP contribution >= 0.6 is 11.6 Å². The number of imidazole rings is 1. The maximum atomic E-state index is 5.99. The summed E-state index contributed by atoms with van der Waals surface area (Å²) < 4.78 is 1.96. The van der Waals surface area contributed by atoms with E-state index >= 15 is 0 Å². The Bertz CT molecular complexity index is 764. The van der Waals surface area contributed by atoms with Crippen LogP contribution in [0, 0.1) is 6.92 Å². The second-order valence-corrected chi connectivity index (χ2v) is 5.80. The predicted molar refractivity (Wildman–Crippen MR) is 86.6 cm³/mol. The second kappa shape index (κ2) is 5.88. The van der Waals surface area contributed by atoms with Crippen LogP contribution in [-0.2, 0) is 6.54 Å². The molecule has 3 rings (SSSR count). The third-order valence-corrected chi connectivity index (χ3v) is 3.82. The molecule has 3 aromatic rings. The highest BCUT2D eigenvalue weighted by atomic mass is 35.5. The number of aryl methyl sites for hydroxylation is 1. The summed E-state index contributed by atoms with van der Waals surface area (Å²) in [5.41, 5.74) is 4.50. The average molecular weight is 300 g/mol. The van der Waals surface area contributed by atoms with Gasteiger partial charge in [0.25, 0.3) is 0 Å². The highest BCUT2D eigenvalue weighted by Gasteiger charge is 2.07. The van der Waals surface area contributed by atoms with Crippen LogP contribution < -0.4 is 5.32 Å². The zero-order valence-corrected chi connectivity index (χ0v) is 12.9. The van der Waals surface area contributed by atoms with Gasteiger partial charge in [0.05, 0.1) is 10.7 Å². The Labute approximate surface area is 129 Å². The molecule has 2 aromatic heterocycles. The fraction of sp³-hybridized carbons (Fsp3) is 0.235. The molecule has 0 spiro atoms. The maximum absolute atomic E-state index is 5.99. The molecular formula is C17H18ClN3. The van der Waals surface area contributed by atoms with E-state index in [9.17, 15) is 0 Å². The molecule has 21 heavy (non-hydrogen) atoms. The van der Waals surface area contributed by atoms with Gasteiger partial charge in [-0.3, -0.25) is 0 Å². The van der Waals surface area contributed by atoms with Crippen molar-refractivity contribution in [2.75, 3.05) is 0 Å². The fourth-order valence-electron chi connectivity index (χ4n) is 2.42. The fourth-order valence-corrected chi connectivity index (χ4v) is 2.59. The summed E-state index contributed by atoms with van der Waals surface area (Å²) in [5, 5.41) is 4.22. The Morgan fingerprint density at radius 3 is 2.90 bits per heavy atom. The Kier molecular flexibility index (Phi) is 3.95. The number of nitrogens with one attached hydrogen (secondary N) is 1. The van der Waals surface area contributed by atoms with Crippen LogP contribution in [0.4, 0.5) is 0 Å². The lowest BCUT2D eigenvalue weighted by Crippen LogP contribution is -2.18. The van der Waals surface area contributed by atoms with Gasteiger partial charge in [-0.1, -0.05) is 41.4 Å². The summed E-state index contributed by atoms with van der Waals surface area (Å²) in [6, 6.07) is 12.6. The molecule has 0 radical (unpaired) electrons. The lowest BCUT2D eigenvalue weighted by atomic mass is 10.1. The SMILES string of the molecule is Cc1cccc([C@@H](C)NCc2cn3cc(Cl)ccc3n2)c1. The first kappa shape index (κ1) is 14.1. The van der Waals surface area contributed by atoms with Gasteiger partial charge >= 0.3 is 0 Å². The molecule has 0 amide bonds. The van der Waals surface area contributed by atoms with Crippen LogP contribution in [0.15, 0.2) is 48.8 Å². The molecule has 108 valence electrons. The largest absolute Gasteiger partial charge is 0.305 e. The van der Waals surface area contributed by atoms with Crippen molar-refractivity contribution in [2.45, 2.75) is 26.4 Å². The van der Waals surface area contributed by atoms with Gasteiger partial charge in [-0.25, -0.2) is 4.98 Å². The molecule has 0 fully saturated rings. The van der Waals surface area contributed by atoms with Crippen molar-refractivity contribution in [2.24, 2.45) is 0 Å². The molecule has 0 saturated carbocycles. The van der Waals surface area contributed by atoms with Crippen molar-refractivity contribution in [3.05, 3.63) is 70.6 Å². The summed E-state index contributed by atoms with van der Waals surface area (Å²) in [6.45, 7) is 5.01. The highest BCUT2D eigenvalue weighted by molar-refractivity contribution is 6.30. The summed E-state index contributed by atoms with van der Waals surface area (Å²) >= 11 is 5.99. The van der Waals surface area contributed by atoms with Gasteiger partial charge in [-0.15, -0.1) is 0 Å². The number of hydrogen-bond donors (Lipinski definition) is 1. The normalized spacial score (nSPS) is 12.7. The standard InChI is InChI=1S/C17H18ClN3/c1-12-4-3-5-14(8-12)13(2)19-9-16-11-21-10-15(18)6-7-17(21)20-16/h3-8,10-11,13,19H,9H2,1-2H3/t13-/m1/s1. The topological polar surface area (TPSA) is 29.3 Å². The zero-order chi connectivity index (χ0) is 14.8. The lowest BCUT2D eigenvalue weighted by molar-refractivity contribution is 0.569. The van der Waals surface area contributed by atoms with Gasteiger partial charge in [-0.2, -0.15) is 0 Å². The first-order valence-corrected chi connectivity index (χ1v) is 7.43. The van der Waals surface area contributed by atoms with E-state index in [-0.39, 0.29) is 0 Å². The molecule has 0 unspecified atom stereocenters. The van der Waals surface area contributed by atoms with Crippen molar-refractivity contribution >= 4 is 17.2 Å². The van der Waals surface area contributed by atoms with Crippen molar-refractivity contribution in [3.8, 4) is 0 Å². The van der Waals surface area contributed by atoms with E-state index in [4.69, 9.17) is 11.6 Å². The first-order valence-electron chi connectivity index (χ1n) is 7.05. The van der Waals surface area contributed by atoms with Gasteiger partial charge < -0.3 is 9.72 Å². The van der Waals surface area contributed by atoms with Crippen LogP contribution in [0.2, 0.25) is 5.02 Å². The van der Waals surface area contributed by atoms with Gasteiger partial charge in [0.2, 0.25) is 0 Å². The summed E-state index contributed by atoms with van der Waals surface area (Å²) in [4.78, 5) is 4.58. The minimum absolute atomic E-state index is 0.290. The quantitative estimate of drug-likeness (QED) is 0.784. The number of fused-ring (bicyclic) bond motifs is 1. The summed E-state index contributed by atoms with van der Waals surface area (Å²) in [7, 11) is 0. The van der Waals surface area contributed by atoms with Crippen molar-refractivity contribution in [1.29, 1.82) is 0 Å². The number of nitrogens with zero attached hydrogens (tertiary/aromatic N) is 2. The number of benzene rings is 1. The highest BCUT2D eigenvalue weighted by Crippen LogP contribution is 2.15. The van der Waals surface area contributed by atoms with E-state index < -0.39 is 0 Å². The van der Waals surface area contributed by atoms with E-state index in [1.165, 1.54) is 11.1 Å². The van der Waals surface area contributed by atoms with Gasteiger partial charge in [0.15, 0.2) is 0 Å². The minimum atomic E-state index is 0.290. The van der Waals surface area contributed by atoms with E-state index in [0.29, 0.717) is 11.1 Å². The summed E-state index contributed by atoms with van der Waals surface area (Å²) in [5.74, 6) is 0. The molecule has 1 aromatic carbocycles. The van der Waals surface area contributed by atoms with Gasteiger partial charge in [-0.05, 0) is 31.5 Å². The number of aromatic nitrogens is 2. The molecule has 0 aliphatic heterocycles. The van der Waals surface area contributed by atoms with E-state index in [1.807, 2.05) is 28.9 Å². The monoisotopic (exact) mass is 299 g/mol. The molecule has 1 N–H and O–H groups in total. The van der Waals surface area contributed by atoms with Crippen LogP contribution in [0.3, 0.4) is 0 Å². The molecule has 0 bridgehead atoms. The van der Waals surface area contributed by atoms with Crippen LogP contribution in [-0.4, -0.2) is 9.38 Å². The number of rotatable bonds is 4. The van der Waals surface area contributed by atoms with Crippen molar-refractivity contribution in [3.63, 3.8) is 0 Å². The van der Waals surface area contributed by atoms with Gasteiger partial charge in [0.1, 0.15) is 5.65 Å². The van der Waals surface area contributed by atoms with Crippen LogP contribution in [0.1, 0.15) is 29.8 Å². The average Bonchev–Trinajstić information content (AvgIpc) is 2.86. The summed E-state index contributed by atoms with van der Waals surface area (Å²) in [6.07, 6.45) is 3.88. The third kappa shape index (κ3) is 3.26. The molecule has 3 nitrogen and oxygen atoms in total. The van der Waals surface area contributed by atoms with Crippen molar-refractivity contribution in [1.82, 2.24) is 14.7 Å². The van der Waals surface area contributed by atoms with Gasteiger partial charge in [0, 0.05) is 25.0 Å². The van der Waals surface area contributed by atoms with Crippen LogP contribution in [0.5, 0.6) is 0 Å². The van der Waals surface area contributed by atoms with E-state index in [0.717, 1.165) is 17.9 Å². The molecule has 1 atom stereocenters. The molecule has 0 saturated heterocycles. The molecule has 2 heterocycles. The van der Waals surface area contributed by atoms with Crippen molar-refractivity contribution < 1.29 is 0 Å². The number of halogens is 1. The predicted octanol–water partition coefficient (Wildman–Crippen LogP) is 4.15. The first-order chi connectivity index (χ1) is 10.1. The Hall–Kier alpha value is -1.84. The molecular weight excluding hydrogens is 282 g/mol. The molecule has 4 heteroatoms. The Morgan fingerprint density at radius 2 is 2.10 bits per heavy atom. The van der Waals surface area contributed by atoms with E-state index in [2.05, 4.69) is 48.4 Å². The smallest absolute Gasteiger partial charge is 0.137 e. The van der Waals surface area contributed by atoms with E-state index in [1.54, 1.807) is 0 Å². The maximum Gasteiger partial charge on any atom is 0.137 e. The molecule has 0 aliphatic rings. The lowest BCUT2D eigenvalue weighted by Gasteiger charge is -2.13. The van der Waals surface area contributed by atoms with Crippen LogP contribution in [0.25, 0.3) is 5.65 Å². The zero-order valence-electron chi connectivity index (χ0n) is 12.2. The Morgan fingerprint density at radius 1 is 1.24 bits per heavy atom. The molecule has 0 aliphatic carbocycles. The second-order valence-electron chi connectivity index (χ2n) is 5.36. The number of pyridine rings is 1. The number of hydrogen-bond acceptors (Lipinski definition) is 2. The Balaban J connectivity index is 1.71. The third-order valence-electron chi connectivity index (χ3n) is 3.60.